The number of benzene rings is 1. The Morgan fingerprint density at radius 3 is 2.30 bits per heavy atom. The molecule has 2 aliphatic heterocycles. The Labute approximate surface area is 242 Å². The Hall–Kier alpha value is -2.82. The van der Waals surface area contributed by atoms with Gasteiger partial charge in [0, 0.05) is 39.3 Å². The Balaban J connectivity index is 0.000000557. The van der Waals surface area contributed by atoms with Crippen molar-refractivity contribution in [3.63, 3.8) is 0 Å². The number of carbonyl (C=O) groups is 3. The second kappa shape index (κ2) is 13.2. The van der Waals surface area contributed by atoms with E-state index in [1.54, 1.807) is 40.8 Å². The van der Waals surface area contributed by atoms with Crippen LogP contribution < -0.4 is 0 Å². The molecule has 1 saturated heterocycles. The zero-order valence-electron chi connectivity index (χ0n) is 23.3. The van der Waals surface area contributed by atoms with Crippen LogP contribution in [0.2, 0.25) is 0 Å². The maximum Gasteiger partial charge on any atom is 0.414 e. The van der Waals surface area contributed by atoms with Gasteiger partial charge in [-0.3, -0.25) is 4.79 Å². The molecule has 10 heteroatoms. The first-order valence-corrected chi connectivity index (χ1v) is 15.5. The Kier molecular flexibility index (Phi) is 9.97. The molecule has 1 aromatic carbocycles. The van der Waals surface area contributed by atoms with Gasteiger partial charge in [-0.1, -0.05) is 19.9 Å². The van der Waals surface area contributed by atoms with Crippen LogP contribution >= 0.6 is 22.7 Å². The highest BCUT2D eigenvalue weighted by Gasteiger charge is 2.27. The SMILES string of the molecule is CCc1sc2cc(F)ccc2c1C1CCN(CCc2sc3c(c2CC)CCN(C(C)=O)C3)CC1.O=C(O)C(=O)O. The number of amides is 1. The van der Waals surface area contributed by atoms with Gasteiger partial charge in [0.2, 0.25) is 5.91 Å². The molecule has 1 fully saturated rings. The average molecular weight is 589 g/mol. The summed E-state index contributed by atoms with van der Waals surface area (Å²) in [5, 5.41) is 16.1. The molecule has 0 atom stereocenters. The number of aliphatic carboxylic acids is 2. The van der Waals surface area contributed by atoms with Gasteiger partial charge in [0.15, 0.2) is 0 Å². The summed E-state index contributed by atoms with van der Waals surface area (Å²) in [6.45, 7) is 11.2. The fourth-order valence-corrected chi connectivity index (χ4v) is 8.67. The van der Waals surface area contributed by atoms with Crippen molar-refractivity contribution < 1.29 is 29.0 Å². The largest absolute Gasteiger partial charge is 0.473 e. The molecule has 7 nitrogen and oxygen atoms in total. The van der Waals surface area contributed by atoms with Gasteiger partial charge in [-0.2, -0.15) is 0 Å². The molecule has 0 radical (unpaired) electrons. The molecule has 2 N–H and O–H groups in total. The average Bonchev–Trinajstić information content (AvgIpc) is 3.48. The highest BCUT2D eigenvalue weighted by molar-refractivity contribution is 7.19. The number of aryl methyl sites for hydroxylation is 1. The lowest BCUT2D eigenvalue weighted by Gasteiger charge is -2.32. The summed E-state index contributed by atoms with van der Waals surface area (Å²) in [6.07, 6.45) is 6.62. The zero-order chi connectivity index (χ0) is 29.0. The van der Waals surface area contributed by atoms with E-state index in [2.05, 4.69) is 18.7 Å². The second-order valence-corrected chi connectivity index (χ2v) is 12.7. The lowest BCUT2D eigenvalue weighted by atomic mass is 9.87. The van der Waals surface area contributed by atoms with Gasteiger partial charge in [-0.05, 0) is 91.7 Å². The number of piperidine rings is 1. The van der Waals surface area contributed by atoms with E-state index in [-0.39, 0.29) is 11.7 Å². The number of hydrogen-bond donors (Lipinski definition) is 2. The summed E-state index contributed by atoms with van der Waals surface area (Å²) in [5.74, 6) is -3.00. The Morgan fingerprint density at radius 2 is 1.70 bits per heavy atom. The highest BCUT2D eigenvalue weighted by atomic mass is 32.1. The van der Waals surface area contributed by atoms with Crippen molar-refractivity contribution in [2.75, 3.05) is 26.2 Å². The number of carboxylic acid groups (broad SMARTS) is 2. The van der Waals surface area contributed by atoms with E-state index in [1.807, 2.05) is 22.3 Å². The highest BCUT2D eigenvalue weighted by Crippen LogP contribution is 2.41. The van der Waals surface area contributed by atoms with E-state index < -0.39 is 11.9 Å². The van der Waals surface area contributed by atoms with Gasteiger partial charge in [0.25, 0.3) is 0 Å². The molecule has 40 heavy (non-hydrogen) atoms. The number of halogens is 1. The number of carbonyl (C=O) groups excluding carboxylic acids is 1. The number of likely N-dealkylation sites (tertiary alicyclic amines) is 1. The summed E-state index contributed by atoms with van der Waals surface area (Å²) >= 11 is 3.73. The first kappa shape index (κ1) is 30.1. The third-order valence-electron chi connectivity index (χ3n) is 7.97. The maximum atomic E-state index is 13.8. The number of carboxylic acids is 2. The fourth-order valence-electron chi connectivity index (χ4n) is 5.96. The van der Waals surface area contributed by atoms with E-state index in [9.17, 15) is 9.18 Å². The van der Waals surface area contributed by atoms with Crippen molar-refractivity contribution in [1.29, 1.82) is 0 Å². The molecule has 1 amide bonds. The fraction of sp³-hybridized carbons (Fsp3) is 0.500. The molecule has 4 heterocycles. The summed E-state index contributed by atoms with van der Waals surface area (Å²) in [6, 6.07) is 5.33. The molecule has 216 valence electrons. The topological polar surface area (TPSA) is 98.2 Å². The van der Waals surface area contributed by atoms with Gasteiger partial charge in [0.1, 0.15) is 5.82 Å². The third kappa shape index (κ3) is 6.72. The number of thiophene rings is 2. The molecule has 0 bridgehead atoms. The van der Waals surface area contributed by atoms with Crippen LogP contribution in [0.1, 0.15) is 70.9 Å². The van der Waals surface area contributed by atoms with Crippen LogP contribution in [0.3, 0.4) is 0 Å². The van der Waals surface area contributed by atoms with Gasteiger partial charge >= 0.3 is 11.9 Å². The van der Waals surface area contributed by atoms with Gasteiger partial charge < -0.3 is 20.0 Å². The van der Waals surface area contributed by atoms with Crippen molar-refractivity contribution in [2.24, 2.45) is 0 Å². The molecule has 5 rings (SSSR count). The van der Waals surface area contributed by atoms with Crippen LogP contribution in [0.25, 0.3) is 10.1 Å². The minimum Gasteiger partial charge on any atom is -0.473 e. The van der Waals surface area contributed by atoms with Crippen molar-refractivity contribution in [2.45, 2.75) is 71.8 Å². The minimum atomic E-state index is -1.82. The molecule has 3 aromatic rings. The standard InChI is InChI=1S/C28H35FN2OS2.C2H2O4/c1-4-21-22-10-15-31(18(3)32)17-27(22)34-25(21)11-14-30-12-8-19(9-13-30)28-23-7-6-20(29)16-26(23)33-24(28)5-2;3-1(4)2(5)6/h6-7,16,19H,4-5,8-15,17H2,1-3H3;(H,3,4)(H,5,6). The first-order valence-electron chi connectivity index (χ1n) is 13.9. The predicted octanol–water partition coefficient (Wildman–Crippen LogP) is 5.71. The number of hydrogen-bond acceptors (Lipinski definition) is 6. The summed E-state index contributed by atoms with van der Waals surface area (Å²) < 4.78 is 14.9. The normalized spacial score (nSPS) is 15.9. The van der Waals surface area contributed by atoms with Crippen molar-refractivity contribution >= 4 is 50.6 Å². The van der Waals surface area contributed by atoms with Crippen molar-refractivity contribution in [1.82, 2.24) is 9.80 Å². The Morgan fingerprint density at radius 1 is 1.00 bits per heavy atom. The summed E-state index contributed by atoms with van der Waals surface area (Å²) in [5.41, 5.74) is 4.59. The molecule has 0 saturated carbocycles. The Bertz CT molecular complexity index is 1380. The lowest BCUT2D eigenvalue weighted by molar-refractivity contribution is -0.159. The number of nitrogens with zero attached hydrogens (tertiary/aromatic N) is 2. The molecule has 0 unspecified atom stereocenters. The van der Waals surface area contributed by atoms with Gasteiger partial charge in [-0.25, -0.2) is 14.0 Å². The van der Waals surface area contributed by atoms with Crippen LogP contribution in [-0.4, -0.2) is 64.0 Å². The number of fused-ring (bicyclic) bond motifs is 2. The van der Waals surface area contributed by atoms with Crippen molar-refractivity contribution in [3.05, 3.63) is 55.3 Å². The minimum absolute atomic E-state index is 0.131. The monoisotopic (exact) mass is 588 g/mol. The maximum absolute atomic E-state index is 13.8. The van der Waals surface area contributed by atoms with Gasteiger partial charge in [-0.15, -0.1) is 22.7 Å². The van der Waals surface area contributed by atoms with E-state index in [0.717, 1.165) is 63.1 Å². The van der Waals surface area contributed by atoms with Crippen LogP contribution in [0.5, 0.6) is 0 Å². The van der Waals surface area contributed by atoms with E-state index >= 15 is 0 Å². The molecular formula is C30H37FN2O5S2. The van der Waals surface area contributed by atoms with E-state index in [0.29, 0.717) is 5.92 Å². The van der Waals surface area contributed by atoms with Crippen LogP contribution in [0.15, 0.2) is 18.2 Å². The molecular weight excluding hydrogens is 551 g/mol. The predicted molar refractivity (Wildman–Crippen MR) is 157 cm³/mol. The summed E-state index contributed by atoms with van der Waals surface area (Å²) in [4.78, 5) is 39.1. The van der Waals surface area contributed by atoms with Crippen LogP contribution in [0.4, 0.5) is 4.39 Å². The molecule has 0 spiro atoms. The first-order chi connectivity index (χ1) is 19.1. The molecule has 2 aromatic heterocycles. The molecule has 0 aliphatic carbocycles. The zero-order valence-corrected chi connectivity index (χ0v) is 24.9. The van der Waals surface area contributed by atoms with Crippen LogP contribution in [-0.2, 0) is 46.6 Å². The third-order valence-corrected chi connectivity index (χ3v) is 10.6. The lowest BCUT2D eigenvalue weighted by Crippen LogP contribution is -2.34. The van der Waals surface area contributed by atoms with Crippen molar-refractivity contribution in [3.8, 4) is 0 Å². The van der Waals surface area contributed by atoms with Crippen LogP contribution in [0, 0.1) is 5.82 Å². The molecule has 2 aliphatic rings. The quantitative estimate of drug-likeness (QED) is 0.358. The number of rotatable bonds is 6. The van der Waals surface area contributed by atoms with E-state index in [4.69, 9.17) is 19.8 Å². The smallest absolute Gasteiger partial charge is 0.414 e. The second-order valence-electron chi connectivity index (χ2n) is 10.4. The van der Waals surface area contributed by atoms with E-state index in [1.165, 1.54) is 39.1 Å². The van der Waals surface area contributed by atoms with Gasteiger partial charge in [0.05, 0.1) is 6.54 Å². The summed E-state index contributed by atoms with van der Waals surface area (Å²) in [7, 11) is 0.